The molecule has 0 aliphatic carbocycles. The normalized spacial score (nSPS) is 10.5. The number of nitrogens with zero attached hydrogens (tertiary/aromatic N) is 2. The van der Waals surface area contributed by atoms with Gasteiger partial charge in [-0.15, -0.1) is 0 Å². The molecule has 0 aromatic carbocycles. The van der Waals surface area contributed by atoms with Crippen molar-refractivity contribution in [2.75, 3.05) is 0 Å². The van der Waals surface area contributed by atoms with Crippen molar-refractivity contribution in [2.24, 2.45) is 5.73 Å². The van der Waals surface area contributed by atoms with Crippen molar-refractivity contribution in [3.8, 4) is 11.6 Å². The highest BCUT2D eigenvalue weighted by Gasteiger charge is 2.15. The lowest BCUT2D eigenvalue weighted by molar-refractivity contribution is 0.451. The van der Waals surface area contributed by atoms with E-state index >= 15 is 0 Å². The highest BCUT2D eigenvalue weighted by molar-refractivity contribution is 5.98. The fourth-order valence-electron chi connectivity index (χ4n) is 2.25. The molecule has 0 amide bonds. The van der Waals surface area contributed by atoms with Gasteiger partial charge in [-0.25, -0.2) is 4.98 Å². The molecule has 5 nitrogen and oxygen atoms in total. The molecule has 0 radical (unpaired) electrons. The van der Waals surface area contributed by atoms with E-state index < -0.39 is 0 Å². The number of rotatable bonds is 4. The van der Waals surface area contributed by atoms with Gasteiger partial charge in [0.15, 0.2) is 5.75 Å². The quantitative estimate of drug-likeness (QED) is 0.667. The van der Waals surface area contributed by atoms with Gasteiger partial charge in [0.2, 0.25) is 5.88 Å². The minimum atomic E-state index is -0.0480. The van der Waals surface area contributed by atoms with E-state index in [2.05, 4.69) is 9.97 Å². The summed E-state index contributed by atoms with van der Waals surface area (Å²) in [5, 5.41) is 7.73. The van der Waals surface area contributed by atoms with Crippen LogP contribution in [-0.4, -0.2) is 15.8 Å². The number of pyridine rings is 2. The van der Waals surface area contributed by atoms with E-state index in [0.717, 1.165) is 29.1 Å². The smallest absolute Gasteiger partial charge is 0.230 e. The van der Waals surface area contributed by atoms with Crippen LogP contribution in [0.25, 0.3) is 0 Å². The number of ether oxygens (including phenoxy) is 1. The van der Waals surface area contributed by atoms with Gasteiger partial charge in [-0.05, 0) is 51.0 Å². The van der Waals surface area contributed by atoms with Crippen LogP contribution in [0.4, 0.5) is 0 Å². The molecule has 110 valence electrons. The molecule has 0 atom stereocenters. The summed E-state index contributed by atoms with van der Waals surface area (Å²) in [6.07, 6.45) is 0.761. The summed E-state index contributed by atoms with van der Waals surface area (Å²) < 4.78 is 5.92. The number of nitrogen functional groups attached to an aromatic ring is 1. The molecule has 3 N–H and O–H groups in total. The zero-order chi connectivity index (χ0) is 15.6. The summed E-state index contributed by atoms with van der Waals surface area (Å²) >= 11 is 0. The molecule has 21 heavy (non-hydrogen) atoms. The van der Waals surface area contributed by atoms with Gasteiger partial charge in [-0.3, -0.25) is 10.4 Å². The van der Waals surface area contributed by atoms with Crippen molar-refractivity contribution in [3.63, 3.8) is 0 Å². The fourth-order valence-corrected chi connectivity index (χ4v) is 2.25. The lowest BCUT2D eigenvalue weighted by Gasteiger charge is -2.14. The molecular formula is C16H20N4O. The highest BCUT2D eigenvalue weighted by Crippen LogP contribution is 2.28. The molecule has 0 saturated carbocycles. The summed E-state index contributed by atoms with van der Waals surface area (Å²) in [5.41, 5.74) is 9.70. The summed E-state index contributed by atoms with van der Waals surface area (Å²) in [6, 6.07) is 5.66. The second-order valence-electron chi connectivity index (χ2n) is 5.03. The SMILES string of the molecule is CCc1nc(C)ccc1Oc1nc(C)cc(C)c1C(=N)N. The third kappa shape index (κ3) is 3.18. The third-order valence-electron chi connectivity index (χ3n) is 3.19. The van der Waals surface area contributed by atoms with Crippen molar-refractivity contribution < 1.29 is 4.74 Å². The van der Waals surface area contributed by atoms with Crippen LogP contribution in [0.3, 0.4) is 0 Å². The molecule has 2 rings (SSSR count). The van der Waals surface area contributed by atoms with Crippen LogP contribution in [0.15, 0.2) is 18.2 Å². The summed E-state index contributed by atoms with van der Waals surface area (Å²) in [5.74, 6) is 0.969. The first-order valence-electron chi connectivity index (χ1n) is 6.89. The maximum absolute atomic E-state index is 7.73. The van der Waals surface area contributed by atoms with Crippen molar-refractivity contribution >= 4 is 5.84 Å². The molecule has 0 aliphatic heterocycles. The molecule has 2 aromatic heterocycles. The Hall–Kier alpha value is -2.43. The van der Waals surface area contributed by atoms with E-state index in [1.54, 1.807) is 0 Å². The molecule has 0 fully saturated rings. The fraction of sp³-hybridized carbons (Fsp3) is 0.312. The molecule has 0 spiro atoms. The Kier molecular flexibility index (Phi) is 4.21. The maximum Gasteiger partial charge on any atom is 0.230 e. The van der Waals surface area contributed by atoms with Crippen molar-refractivity contribution in [1.29, 1.82) is 5.41 Å². The Morgan fingerprint density at radius 2 is 1.90 bits per heavy atom. The van der Waals surface area contributed by atoms with E-state index in [4.69, 9.17) is 15.9 Å². The minimum absolute atomic E-state index is 0.0480. The first-order chi connectivity index (χ1) is 9.92. The summed E-state index contributed by atoms with van der Waals surface area (Å²) in [4.78, 5) is 8.85. The molecule has 0 saturated heterocycles. The molecule has 2 heterocycles. The van der Waals surface area contributed by atoms with Gasteiger partial charge >= 0.3 is 0 Å². The topological polar surface area (TPSA) is 84.9 Å². The number of nitrogens with one attached hydrogen (secondary N) is 1. The van der Waals surface area contributed by atoms with Crippen LogP contribution < -0.4 is 10.5 Å². The molecule has 0 unspecified atom stereocenters. The molecule has 2 aromatic rings. The van der Waals surface area contributed by atoms with Gasteiger partial charge in [0.05, 0.1) is 11.3 Å². The van der Waals surface area contributed by atoms with Crippen molar-refractivity contribution in [3.05, 3.63) is 46.4 Å². The molecule has 0 aliphatic rings. The Bertz CT molecular complexity index is 695. The minimum Gasteiger partial charge on any atom is -0.436 e. The Morgan fingerprint density at radius 1 is 1.19 bits per heavy atom. The Labute approximate surface area is 124 Å². The van der Waals surface area contributed by atoms with E-state index in [0.29, 0.717) is 17.2 Å². The van der Waals surface area contributed by atoms with E-state index in [1.165, 1.54) is 0 Å². The third-order valence-corrected chi connectivity index (χ3v) is 3.19. The van der Waals surface area contributed by atoms with E-state index in [-0.39, 0.29) is 5.84 Å². The largest absolute Gasteiger partial charge is 0.436 e. The number of hydrogen-bond acceptors (Lipinski definition) is 4. The first-order valence-corrected chi connectivity index (χ1v) is 6.89. The first kappa shape index (κ1) is 15.0. The van der Waals surface area contributed by atoms with E-state index in [1.807, 2.05) is 45.9 Å². The lowest BCUT2D eigenvalue weighted by Crippen LogP contribution is -2.15. The number of amidine groups is 1. The van der Waals surface area contributed by atoms with Gasteiger partial charge in [-0.2, -0.15) is 0 Å². The second-order valence-corrected chi connectivity index (χ2v) is 5.03. The Balaban J connectivity index is 2.51. The average molecular weight is 284 g/mol. The standard InChI is InChI=1S/C16H20N4O/c1-5-12-13(7-6-10(3)19-12)21-16-14(15(17)18)9(2)8-11(4)20-16/h6-8H,5H2,1-4H3,(H3,17,18). The van der Waals surface area contributed by atoms with Gasteiger partial charge in [0.1, 0.15) is 5.84 Å². The summed E-state index contributed by atoms with van der Waals surface area (Å²) in [6.45, 7) is 7.75. The molecular weight excluding hydrogens is 264 g/mol. The monoisotopic (exact) mass is 284 g/mol. The van der Waals surface area contributed by atoms with Crippen LogP contribution in [0.1, 0.15) is 35.1 Å². The lowest BCUT2D eigenvalue weighted by atomic mass is 10.1. The maximum atomic E-state index is 7.73. The average Bonchev–Trinajstić information content (AvgIpc) is 2.39. The Morgan fingerprint density at radius 3 is 2.52 bits per heavy atom. The molecule has 5 heteroatoms. The summed E-state index contributed by atoms with van der Waals surface area (Å²) in [7, 11) is 0. The highest BCUT2D eigenvalue weighted by atomic mass is 16.5. The number of aryl methyl sites for hydroxylation is 4. The van der Waals surface area contributed by atoms with Crippen LogP contribution in [0.2, 0.25) is 0 Å². The zero-order valence-corrected chi connectivity index (χ0v) is 12.8. The van der Waals surface area contributed by atoms with E-state index in [9.17, 15) is 0 Å². The molecule has 0 bridgehead atoms. The number of hydrogen-bond donors (Lipinski definition) is 2. The number of aromatic nitrogens is 2. The zero-order valence-electron chi connectivity index (χ0n) is 12.8. The predicted molar refractivity (Wildman–Crippen MR) is 83.2 cm³/mol. The van der Waals surface area contributed by atoms with Gasteiger partial charge in [0.25, 0.3) is 0 Å². The van der Waals surface area contributed by atoms with Gasteiger partial charge in [0, 0.05) is 11.4 Å². The van der Waals surface area contributed by atoms with Gasteiger partial charge in [-0.1, -0.05) is 6.92 Å². The van der Waals surface area contributed by atoms with Gasteiger partial charge < -0.3 is 10.5 Å². The predicted octanol–water partition coefficient (Wildman–Crippen LogP) is 3.04. The second kappa shape index (κ2) is 5.91. The van der Waals surface area contributed by atoms with Crippen LogP contribution in [-0.2, 0) is 6.42 Å². The number of nitrogens with two attached hydrogens (primary N) is 1. The van der Waals surface area contributed by atoms with Crippen LogP contribution in [0, 0.1) is 26.2 Å². The van der Waals surface area contributed by atoms with Crippen molar-refractivity contribution in [2.45, 2.75) is 34.1 Å². The van der Waals surface area contributed by atoms with Crippen LogP contribution >= 0.6 is 0 Å². The van der Waals surface area contributed by atoms with Crippen LogP contribution in [0.5, 0.6) is 11.6 Å². The van der Waals surface area contributed by atoms with Crippen molar-refractivity contribution in [1.82, 2.24) is 9.97 Å².